The van der Waals surface area contributed by atoms with E-state index in [-0.39, 0.29) is 42.0 Å². The molecule has 1 aliphatic heterocycles. The maximum absolute atomic E-state index is 13.0. The van der Waals surface area contributed by atoms with Crippen LogP contribution in [0.2, 0.25) is 0 Å². The standard InChI is InChI=1S/C20H30FN3O2.ClH/c1-14(2)18(22)10-12-23(3)19(25)16-5-4-11-24(13-16)20(26)15-6-8-17(21)9-7-15;/h6-9,14,16,18H,4-5,10-13,22H2,1-3H3;1H. The summed E-state index contributed by atoms with van der Waals surface area (Å²) < 4.78 is 13.0. The predicted octanol–water partition coefficient (Wildman–Crippen LogP) is 2.93. The Bertz CT molecular complexity index is 624. The van der Waals surface area contributed by atoms with Crippen LogP contribution in [0.3, 0.4) is 0 Å². The van der Waals surface area contributed by atoms with Gasteiger partial charge in [0.05, 0.1) is 5.92 Å². The van der Waals surface area contributed by atoms with Crippen molar-refractivity contribution in [3.63, 3.8) is 0 Å². The summed E-state index contributed by atoms with van der Waals surface area (Å²) in [4.78, 5) is 28.8. The molecule has 1 fully saturated rings. The largest absolute Gasteiger partial charge is 0.345 e. The lowest BCUT2D eigenvalue weighted by atomic mass is 9.95. The van der Waals surface area contributed by atoms with Gasteiger partial charge in [0.25, 0.3) is 5.91 Å². The smallest absolute Gasteiger partial charge is 0.253 e. The van der Waals surface area contributed by atoms with Crippen LogP contribution in [0.5, 0.6) is 0 Å². The van der Waals surface area contributed by atoms with E-state index in [1.165, 1.54) is 24.3 Å². The Balaban J connectivity index is 0.00000364. The Hall–Kier alpha value is -1.66. The summed E-state index contributed by atoms with van der Waals surface area (Å²) in [6, 6.07) is 5.62. The monoisotopic (exact) mass is 399 g/mol. The normalized spacial score (nSPS) is 18.0. The van der Waals surface area contributed by atoms with Gasteiger partial charge in [-0.1, -0.05) is 13.8 Å². The third kappa shape index (κ3) is 6.47. The van der Waals surface area contributed by atoms with E-state index in [0.29, 0.717) is 31.1 Å². The van der Waals surface area contributed by atoms with Crippen molar-refractivity contribution in [3.05, 3.63) is 35.6 Å². The number of carbonyl (C=O) groups excluding carboxylic acids is 2. The summed E-state index contributed by atoms with van der Waals surface area (Å²) in [5.74, 6) is -0.246. The topological polar surface area (TPSA) is 66.6 Å². The first-order valence-corrected chi connectivity index (χ1v) is 9.35. The Morgan fingerprint density at radius 1 is 1.30 bits per heavy atom. The maximum Gasteiger partial charge on any atom is 0.253 e. The second kappa shape index (κ2) is 10.6. The molecule has 2 atom stereocenters. The number of nitrogens with zero attached hydrogens (tertiary/aromatic N) is 2. The molecule has 7 heteroatoms. The quantitative estimate of drug-likeness (QED) is 0.799. The Morgan fingerprint density at radius 2 is 1.93 bits per heavy atom. The van der Waals surface area contributed by atoms with E-state index < -0.39 is 0 Å². The van der Waals surface area contributed by atoms with Gasteiger partial charge in [-0.05, 0) is 49.4 Å². The molecule has 152 valence electrons. The molecule has 0 aromatic heterocycles. The highest BCUT2D eigenvalue weighted by molar-refractivity contribution is 5.94. The van der Waals surface area contributed by atoms with Crippen molar-refractivity contribution in [1.82, 2.24) is 9.80 Å². The molecule has 2 rings (SSSR count). The van der Waals surface area contributed by atoms with E-state index in [9.17, 15) is 14.0 Å². The van der Waals surface area contributed by atoms with Gasteiger partial charge in [-0.25, -0.2) is 4.39 Å². The number of nitrogens with two attached hydrogens (primary N) is 1. The van der Waals surface area contributed by atoms with Crippen molar-refractivity contribution in [2.24, 2.45) is 17.6 Å². The fraction of sp³-hybridized carbons (Fsp3) is 0.600. The van der Waals surface area contributed by atoms with E-state index in [1.54, 1.807) is 16.8 Å². The first-order chi connectivity index (χ1) is 12.3. The van der Waals surface area contributed by atoms with Crippen LogP contribution in [0.15, 0.2) is 24.3 Å². The minimum atomic E-state index is -0.366. The highest BCUT2D eigenvalue weighted by Crippen LogP contribution is 2.21. The highest BCUT2D eigenvalue weighted by Gasteiger charge is 2.30. The summed E-state index contributed by atoms with van der Waals surface area (Å²) >= 11 is 0. The molecular formula is C20H31ClFN3O2. The van der Waals surface area contributed by atoms with Gasteiger partial charge in [0.2, 0.25) is 5.91 Å². The molecule has 1 aromatic carbocycles. The molecule has 0 spiro atoms. The second-order valence-electron chi connectivity index (χ2n) is 7.55. The van der Waals surface area contributed by atoms with Gasteiger partial charge in [-0.2, -0.15) is 0 Å². The molecule has 1 aliphatic rings. The number of carbonyl (C=O) groups is 2. The minimum absolute atomic E-state index is 0. The lowest BCUT2D eigenvalue weighted by molar-refractivity contribution is -0.135. The van der Waals surface area contributed by atoms with Crippen LogP contribution in [-0.2, 0) is 4.79 Å². The summed E-state index contributed by atoms with van der Waals surface area (Å²) in [6.45, 7) is 5.82. The van der Waals surface area contributed by atoms with Gasteiger partial charge in [0, 0.05) is 38.3 Å². The fourth-order valence-electron chi connectivity index (χ4n) is 3.24. The van der Waals surface area contributed by atoms with Gasteiger partial charge >= 0.3 is 0 Å². The lowest BCUT2D eigenvalue weighted by Crippen LogP contribution is -2.46. The van der Waals surface area contributed by atoms with E-state index in [4.69, 9.17) is 5.73 Å². The maximum atomic E-state index is 13.0. The van der Waals surface area contributed by atoms with Gasteiger partial charge in [-0.3, -0.25) is 9.59 Å². The zero-order valence-electron chi connectivity index (χ0n) is 16.4. The summed E-state index contributed by atoms with van der Waals surface area (Å²) in [6.07, 6.45) is 2.35. The van der Waals surface area contributed by atoms with Crippen molar-refractivity contribution in [3.8, 4) is 0 Å². The van der Waals surface area contributed by atoms with Crippen molar-refractivity contribution in [2.75, 3.05) is 26.7 Å². The molecule has 0 saturated carbocycles. The molecule has 2 N–H and O–H groups in total. The lowest BCUT2D eigenvalue weighted by Gasteiger charge is -2.34. The minimum Gasteiger partial charge on any atom is -0.345 e. The number of hydrogen-bond donors (Lipinski definition) is 1. The van der Waals surface area contributed by atoms with Crippen LogP contribution < -0.4 is 5.73 Å². The van der Waals surface area contributed by atoms with E-state index >= 15 is 0 Å². The number of benzene rings is 1. The average Bonchev–Trinajstić information content (AvgIpc) is 2.65. The van der Waals surface area contributed by atoms with Gasteiger partial charge in [0.15, 0.2) is 0 Å². The number of halogens is 2. The van der Waals surface area contributed by atoms with E-state index in [0.717, 1.165) is 19.3 Å². The SMILES string of the molecule is CC(C)C(N)CCN(C)C(=O)C1CCCN(C(=O)c2ccc(F)cc2)C1.Cl. The zero-order chi connectivity index (χ0) is 19.3. The molecule has 0 radical (unpaired) electrons. The number of likely N-dealkylation sites (tertiary alicyclic amines) is 1. The third-order valence-corrected chi connectivity index (χ3v) is 5.18. The third-order valence-electron chi connectivity index (χ3n) is 5.18. The van der Waals surface area contributed by atoms with E-state index in [1.807, 2.05) is 0 Å². The molecule has 2 unspecified atom stereocenters. The Labute approximate surface area is 167 Å². The second-order valence-corrected chi connectivity index (χ2v) is 7.55. The number of piperidine rings is 1. The predicted molar refractivity (Wildman–Crippen MR) is 107 cm³/mol. The Morgan fingerprint density at radius 3 is 2.52 bits per heavy atom. The molecule has 0 bridgehead atoms. The van der Waals surface area contributed by atoms with Crippen LogP contribution in [0.1, 0.15) is 43.5 Å². The van der Waals surface area contributed by atoms with Crippen LogP contribution >= 0.6 is 12.4 Å². The van der Waals surface area contributed by atoms with Crippen molar-refractivity contribution < 1.29 is 14.0 Å². The first-order valence-electron chi connectivity index (χ1n) is 9.35. The van der Waals surface area contributed by atoms with Crippen LogP contribution in [0.4, 0.5) is 4.39 Å². The highest BCUT2D eigenvalue weighted by atomic mass is 35.5. The molecule has 2 amide bonds. The van der Waals surface area contributed by atoms with Gasteiger partial charge in [0.1, 0.15) is 5.82 Å². The van der Waals surface area contributed by atoms with Crippen molar-refractivity contribution in [1.29, 1.82) is 0 Å². The molecular weight excluding hydrogens is 369 g/mol. The van der Waals surface area contributed by atoms with Crippen molar-refractivity contribution in [2.45, 2.75) is 39.2 Å². The van der Waals surface area contributed by atoms with Gasteiger partial charge < -0.3 is 15.5 Å². The molecule has 27 heavy (non-hydrogen) atoms. The first kappa shape index (κ1) is 23.4. The molecule has 1 saturated heterocycles. The number of rotatable bonds is 6. The van der Waals surface area contributed by atoms with Crippen LogP contribution in [0.25, 0.3) is 0 Å². The van der Waals surface area contributed by atoms with Crippen molar-refractivity contribution >= 4 is 24.2 Å². The Kier molecular flexibility index (Phi) is 9.19. The summed E-state index contributed by atoms with van der Waals surface area (Å²) in [7, 11) is 1.80. The number of hydrogen-bond acceptors (Lipinski definition) is 3. The molecule has 5 nitrogen and oxygen atoms in total. The van der Waals surface area contributed by atoms with Gasteiger partial charge in [-0.15, -0.1) is 12.4 Å². The fourth-order valence-corrected chi connectivity index (χ4v) is 3.24. The molecule has 1 heterocycles. The average molecular weight is 400 g/mol. The molecule has 0 aliphatic carbocycles. The van der Waals surface area contributed by atoms with E-state index in [2.05, 4.69) is 13.8 Å². The summed E-state index contributed by atoms with van der Waals surface area (Å²) in [5.41, 5.74) is 6.52. The molecule has 1 aromatic rings. The van der Waals surface area contributed by atoms with Crippen LogP contribution in [-0.4, -0.2) is 54.3 Å². The zero-order valence-corrected chi connectivity index (χ0v) is 17.2. The summed E-state index contributed by atoms with van der Waals surface area (Å²) in [5, 5.41) is 0. The number of amides is 2. The van der Waals surface area contributed by atoms with Crippen LogP contribution in [0, 0.1) is 17.7 Å².